The maximum absolute atomic E-state index is 5.42. The average molecular weight is 200 g/mol. The van der Waals surface area contributed by atoms with Crippen molar-refractivity contribution in [2.24, 2.45) is 0 Å². The number of hydrogen-bond donors (Lipinski definition) is 1. The van der Waals surface area contributed by atoms with E-state index in [0.717, 1.165) is 26.3 Å². The highest BCUT2D eigenvalue weighted by molar-refractivity contribution is 4.66. The van der Waals surface area contributed by atoms with Gasteiger partial charge in [-0.2, -0.15) is 0 Å². The Morgan fingerprint density at radius 1 is 1.36 bits per heavy atom. The van der Waals surface area contributed by atoms with E-state index >= 15 is 0 Å². The standard InChI is InChI=1S/C11H24N2O/c1-3-12-11(2)5-7-13-6-4-9-14-10-8-13/h11-12H,3-10H2,1-2H3. The van der Waals surface area contributed by atoms with Crippen LogP contribution in [-0.2, 0) is 4.74 Å². The van der Waals surface area contributed by atoms with Crippen LogP contribution in [0.15, 0.2) is 0 Å². The van der Waals surface area contributed by atoms with Crippen LogP contribution in [0, 0.1) is 0 Å². The molecule has 1 aliphatic rings. The third kappa shape index (κ3) is 4.94. The van der Waals surface area contributed by atoms with Crippen LogP contribution in [0.4, 0.5) is 0 Å². The molecule has 1 N–H and O–H groups in total. The van der Waals surface area contributed by atoms with Crippen LogP contribution in [-0.4, -0.2) is 50.3 Å². The van der Waals surface area contributed by atoms with Crippen LogP contribution in [0.2, 0.25) is 0 Å². The zero-order valence-electron chi connectivity index (χ0n) is 9.59. The molecule has 0 aromatic rings. The van der Waals surface area contributed by atoms with Crippen molar-refractivity contribution in [3.05, 3.63) is 0 Å². The van der Waals surface area contributed by atoms with Gasteiger partial charge in [0.25, 0.3) is 0 Å². The molecule has 1 fully saturated rings. The fourth-order valence-corrected chi connectivity index (χ4v) is 1.85. The highest BCUT2D eigenvalue weighted by Gasteiger charge is 2.09. The average Bonchev–Trinajstić information content (AvgIpc) is 2.43. The molecule has 1 aliphatic heterocycles. The summed E-state index contributed by atoms with van der Waals surface area (Å²) in [6, 6.07) is 0.643. The van der Waals surface area contributed by atoms with E-state index in [0.29, 0.717) is 6.04 Å². The fraction of sp³-hybridized carbons (Fsp3) is 1.00. The lowest BCUT2D eigenvalue weighted by molar-refractivity contribution is 0.140. The summed E-state index contributed by atoms with van der Waals surface area (Å²) >= 11 is 0. The molecule has 0 spiro atoms. The Kier molecular flexibility index (Phi) is 6.15. The lowest BCUT2D eigenvalue weighted by Gasteiger charge is -2.21. The molecule has 3 heteroatoms. The Labute approximate surface area is 87.8 Å². The molecule has 1 saturated heterocycles. The largest absolute Gasteiger partial charge is 0.380 e. The van der Waals surface area contributed by atoms with E-state index in [1.807, 2.05) is 0 Å². The quantitative estimate of drug-likeness (QED) is 0.719. The van der Waals surface area contributed by atoms with Gasteiger partial charge < -0.3 is 15.0 Å². The molecule has 3 nitrogen and oxygen atoms in total. The second-order valence-corrected chi connectivity index (χ2v) is 4.05. The van der Waals surface area contributed by atoms with E-state index in [2.05, 4.69) is 24.1 Å². The summed E-state index contributed by atoms with van der Waals surface area (Å²) in [5.41, 5.74) is 0. The van der Waals surface area contributed by atoms with E-state index in [-0.39, 0.29) is 0 Å². The summed E-state index contributed by atoms with van der Waals surface area (Å²) in [5, 5.41) is 3.44. The molecule has 0 amide bonds. The molecule has 1 unspecified atom stereocenters. The smallest absolute Gasteiger partial charge is 0.0593 e. The van der Waals surface area contributed by atoms with Gasteiger partial charge in [0.2, 0.25) is 0 Å². The lowest BCUT2D eigenvalue weighted by atomic mass is 10.2. The van der Waals surface area contributed by atoms with Crippen molar-refractivity contribution in [1.29, 1.82) is 0 Å². The Balaban J connectivity index is 2.09. The van der Waals surface area contributed by atoms with E-state index in [9.17, 15) is 0 Å². The Hall–Kier alpha value is -0.120. The van der Waals surface area contributed by atoms with Crippen LogP contribution in [0.5, 0.6) is 0 Å². The van der Waals surface area contributed by atoms with Gasteiger partial charge in [-0.3, -0.25) is 0 Å². The summed E-state index contributed by atoms with van der Waals surface area (Å²) in [6.45, 7) is 10.9. The highest BCUT2D eigenvalue weighted by atomic mass is 16.5. The maximum atomic E-state index is 5.42. The summed E-state index contributed by atoms with van der Waals surface area (Å²) in [7, 11) is 0. The van der Waals surface area contributed by atoms with Crippen LogP contribution in [0.3, 0.4) is 0 Å². The summed E-state index contributed by atoms with van der Waals surface area (Å²) in [5.74, 6) is 0. The highest BCUT2D eigenvalue weighted by Crippen LogP contribution is 2.01. The second-order valence-electron chi connectivity index (χ2n) is 4.05. The summed E-state index contributed by atoms with van der Waals surface area (Å²) in [6.07, 6.45) is 2.43. The van der Waals surface area contributed by atoms with Crippen molar-refractivity contribution >= 4 is 0 Å². The zero-order valence-corrected chi connectivity index (χ0v) is 9.59. The van der Waals surface area contributed by atoms with Crippen molar-refractivity contribution in [1.82, 2.24) is 10.2 Å². The minimum atomic E-state index is 0.643. The molecule has 1 rings (SSSR count). The predicted molar refractivity (Wildman–Crippen MR) is 59.6 cm³/mol. The summed E-state index contributed by atoms with van der Waals surface area (Å²) < 4.78 is 5.42. The van der Waals surface area contributed by atoms with Crippen molar-refractivity contribution in [2.75, 3.05) is 39.4 Å². The Morgan fingerprint density at radius 3 is 3.00 bits per heavy atom. The second kappa shape index (κ2) is 7.21. The molecular formula is C11H24N2O. The number of rotatable bonds is 5. The van der Waals surface area contributed by atoms with Crippen molar-refractivity contribution in [3.8, 4) is 0 Å². The van der Waals surface area contributed by atoms with Gasteiger partial charge >= 0.3 is 0 Å². The van der Waals surface area contributed by atoms with Crippen LogP contribution >= 0.6 is 0 Å². The minimum absolute atomic E-state index is 0.643. The van der Waals surface area contributed by atoms with Gasteiger partial charge in [0.1, 0.15) is 0 Å². The molecule has 0 bridgehead atoms. The number of nitrogens with one attached hydrogen (secondary N) is 1. The molecule has 0 aromatic heterocycles. The maximum Gasteiger partial charge on any atom is 0.0593 e. The van der Waals surface area contributed by atoms with Gasteiger partial charge in [-0.05, 0) is 32.9 Å². The number of hydrogen-bond acceptors (Lipinski definition) is 3. The summed E-state index contributed by atoms with van der Waals surface area (Å²) in [4.78, 5) is 2.51. The predicted octanol–water partition coefficient (Wildman–Crippen LogP) is 1.10. The SMILES string of the molecule is CCNC(C)CCN1CCCOCC1. The first kappa shape index (κ1) is 12.0. The molecule has 1 atom stereocenters. The molecule has 0 saturated carbocycles. The molecule has 0 radical (unpaired) electrons. The Morgan fingerprint density at radius 2 is 2.21 bits per heavy atom. The lowest BCUT2D eigenvalue weighted by Crippen LogP contribution is -2.33. The molecule has 1 heterocycles. The first-order chi connectivity index (χ1) is 6.83. The fourth-order valence-electron chi connectivity index (χ4n) is 1.85. The van der Waals surface area contributed by atoms with Gasteiger partial charge in [0.15, 0.2) is 0 Å². The topological polar surface area (TPSA) is 24.5 Å². The van der Waals surface area contributed by atoms with Crippen LogP contribution in [0.25, 0.3) is 0 Å². The molecule has 0 aromatic carbocycles. The minimum Gasteiger partial charge on any atom is -0.380 e. The van der Waals surface area contributed by atoms with Crippen molar-refractivity contribution in [2.45, 2.75) is 32.7 Å². The van der Waals surface area contributed by atoms with E-state index < -0.39 is 0 Å². The van der Waals surface area contributed by atoms with E-state index in [4.69, 9.17) is 4.74 Å². The monoisotopic (exact) mass is 200 g/mol. The van der Waals surface area contributed by atoms with Gasteiger partial charge in [0, 0.05) is 25.7 Å². The molecule has 84 valence electrons. The van der Waals surface area contributed by atoms with Crippen molar-refractivity contribution in [3.63, 3.8) is 0 Å². The molecule has 14 heavy (non-hydrogen) atoms. The zero-order chi connectivity index (χ0) is 10.2. The van der Waals surface area contributed by atoms with Gasteiger partial charge in [0.05, 0.1) is 6.61 Å². The molecular weight excluding hydrogens is 176 g/mol. The van der Waals surface area contributed by atoms with Crippen molar-refractivity contribution < 1.29 is 4.74 Å². The van der Waals surface area contributed by atoms with Gasteiger partial charge in [-0.1, -0.05) is 6.92 Å². The van der Waals surface area contributed by atoms with Gasteiger partial charge in [-0.25, -0.2) is 0 Å². The number of nitrogens with zero attached hydrogens (tertiary/aromatic N) is 1. The Bertz CT molecular complexity index is 133. The van der Waals surface area contributed by atoms with E-state index in [1.54, 1.807) is 0 Å². The third-order valence-corrected chi connectivity index (χ3v) is 2.75. The normalized spacial score (nSPS) is 21.9. The number of ether oxygens (including phenoxy) is 1. The third-order valence-electron chi connectivity index (χ3n) is 2.75. The van der Waals surface area contributed by atoms with Gasteiger partial charge in [-0.15, -0.1) is 0 Å². The van der Waals surface area contributed by atoms with Crippen LogP contribution in [0.1, 0.15) is 26.7 Å². The first-order valence-electron chi connectivity index (χ1n) is 5.86. The molecule has 0 aliphatic carbocycles. The first-order valence-corrected chi connectivity index (χ1v) is 5.86. The van der Waals surface area contributed by atoms with Crippen LogP contribution < -0.4 is 5.32 Å². The van der Waals surface area contributed by atoms with E-state index in [1.165, 1.54) is 25.9 Å².